The molecule has 1 atom stereocenters. The van der Waals surface area contributed by atoms with Crippen LogP contribution in [0.1, 0.15) is 17.7 Å². The van der Waals surface area contributed by atoms with Crippen molar-refractivity contribution in [3.8, 4) is 0 Å². The Morgan fingerprint density at radius 3 is 2.88 bits per heavy atom. The standard InChI is InChI=1S/C12H22N4/c1-10-12(8-14-16(10)3)7-13-6-11-4-5-15(2)9-11/h8,11,13H,4-7,9H2,1-3H3. The average molecular weight is 222 g/mol. The number of hydrogen-bond acceptors (Lipinski definition) is 3. The van der Waals surface area contributed by atoms with Crippen LogP contribution in [0.3, 0.4) is 0 Å². The molecule has 0 aromatic carbocycles. The molecular formula is C12H22N4. The van der Waals surface area contributed by atoms with E-state index in [-0.39, 0.29) is 0 Å². The lowest BCUT2D eigenvalue weighted by Gasteiger charge is -2.11. The molecule has 1 aromatic heterocycles. The third-order valence-electron chi connectivity index (χ3n) is 3.57. The number of aromatic nitrogens is 2. The average Bonchev–Trinajstić information content (AvgIpc) is 2.79. The van der Waals surface area contributed by atoms with Gasteiger partial charge in [0.25, 0.3) is 0 Å². The number of nitrogens with zero attached hydrogens (tertiary/aromatic N) is 3. The van der Waals surface area contributed by atoms with E-state index in [4.69, 9.17) is 0 Å². The van der Waals surface area contributed by atoms with Crippen molar-refractivity contribution < 1.29 is 0 Å². The first-order valence-electron chi connectivity index (χ1n) is 6.03. The highest BCUT2D eigenvalue weighted by atomic mass is 15.3. The number of hydrogen-bond donors (Lipinski definition) is 1. The SMILES string of the molecule is Cc1c(CNCC2CCN(C)C2)cnn1C. The van der Waals surface area contributed by atoms with E-state index in [0.717, 1.165) is 19.0 Å². The lowest BCUT2D eigenvalue weighted by molar-refractivity contribution is 0.388. The molecule has 4 heteroatoms. The van der Waals surface area contributed by atoms with E-state index >= 15 is 0 Å². The van der Waals surface area contributed by atoms with Crippen LogP contribution in [0.25, 0.3) is 0 Å². The van der Waals surface area contributed by atoms with Crippen molar-refractivity contribution in [1.29, 1.82) is 0 Å². The Bertz CT molecular complexity index is 345. The Morgan fingerprint density at radius 1 is 1.50 bits per heavy atom. The van der Waals surface area contributed by atoms with E-state index in [0.29, 0.717) is 0 Å². The van der Waals surface area contributed by atoms with Crippen LogP contribution in [0.4, 0.5) is 0 Å². The second kappa shape index (κ2) is 4.97. The number of likely N-dealkylation sites (tertiary alicyclic amines) is 1. The zero-order valence-corrected chi connectivity index (χ0v) is 10.5. The van der Waals surface area contributed by atoms with Gasteiger partial charge in [-0.1, -0.05) is 0 Å². The summed E-state index contributed by atoms with van der Waals surface area (Å²) in [5.41, 5.74) is 2.57. The molecule has 2 heterocycles. The largest absolute Gasteiger partial charge is 0.312 e. The van der Waals surface area contributed by atoms with E-state index in [1.54, 1.807) is 0 Å². The van der Waals surface area contributed by atoms with Crippen LogP contribution in [0.15, 0.2) is 6.20 Å². The van der Waals surface area contributed by atoms with Gasteiger partial charge in [-0.05, 0) is 39.4 Å². The summed E-state index contributed by atoms with van der Waals surface area (Å²) in [6, 6.07) is 0. The maximum atomic E-state index is 4.25. The highest BCUT2D eigenvalue weighted by Crippen LogP contribution is 2.13. The first-order chi connectivity index (χ1) is 7.66. The van der Waals surface area contributed by atoms with Crippen LogP contribution in [0, 0.1) is 12.8 Å². The maximum Gasteiger partial charge on any atom is 0.0537 e. The van der Waals surface area contributed by atoms with E-state index in [9.17, 15) is 0 Å². The predicted octanol–water partition coefficient (Wildman–Crippen LogP) is 0.770. The molecule has 1 aromatic rings. The monoisotopic (exact) mass is 222 g/mol. The van der Waals surface area contributed by atoms with Gasteiger partial charge in [0.05, 0.1) is 6.20 Å². The number of rotatable bonds is 4. The molecule has 1 unspecified atom stereocenters. The topological polar surface area (TPSA) is 33.1 Å². The first kappa shape index (κ1) is 11.6. The van der Waals surface area contributed by atoms with Crippen molar-refractivity contribution in [1.82, 2.24) is 20.0 Å². The molecule has 0 spiro atoms. The summed E-state index contributed by atoms with van der Waals surface area (Å²) >= 11 is 0. The van der Waals surface area contributed by atoms with E-state index in [1.807, 2.05) is 17.9 Å². The Balaban J connectivity index is 1.74. The molecule has 4 nitrogen and oxygen atoms in total. The van der Waals surface area contributed by atoms with Crippen molar-refractivity contribution >= 4 is 0 Å². The van der Waals surface area contributed by atoms with Crippen molar-refractivity contribution in [2.75, 3.05) is 26.7 Å². The minimum atomic E-state index is 0.821. The van der Waals surface area contributed by atoms with Gasteiger partial charge >= 0.3 is 0 Å². The van der Waals surface area contributed by atoms with Crippen LogP contribution < -0.4 is 5.32 Å². The van der Waals surface area contributed by atoms with Gasteiger partial charge < -0.3 is 10.2 Å². The molecule has 0 amide bonds. The van der Waals surface area contributed by atoms with Gasteiger partial charge in [-0.2, -0.15) is 5.10 Å². The van der Waals surface area contributed by atoms with Gasteiger partial charge in [0.1, 0.15) is 0 Å². The fourth-order valence-electron chi connectivity index (χ4n) is 2.32. The zero-order chi connectivity index (χ0) is 11.5. The minimum Gasteiger partial charge on any atom is -0.312 e. The molecule has 0 radical (unpaired) electrons. The lowest BCUT2D eigenvalue weighted by atomic mass is 10.1. The summed E-state index contributed by atoms with van der Waals surface area (Å²) in [6.45, 7) is 6.67. The Morgan fingerprint density at radius 2 is 2.31 bits per heavy atom. The molecule has 1 aliphatic heterocycles. The van der Waals surface area contributed by atoms with Crippen LogP contribution in [-0.4, -0.2) is 41.4 Å². The fraction of sp³-hybridized carbons (Fsp3) is 0.750. The van der Waals surface area contributed by atoms with Gasteiger partial charge in [-0.3, -0.25) is 4.68 Å². The molecule has 2 rings (SSSR count). The van der Waals surface area contributed by atoms with Crippen LogP contribution in [0.5, 0.6) is 0 Å². The third-order valence-corrected chi connectivity index (χ3v) is 3.57. The molecule has 1 fully saturated rings. The van der Waals surface area contributed by atoms with Gasteiger partial charge in [0, 0.05) is 31.4 Å². The van der Waals surface area contributed by atoms with Crippen molar-refractivity contribution in [3.63, 3.8) is 0 Å². The maximum absolute atomic E-state index is 4.25. The zero-order valence-electron chi connectivity index (χ0n) is 10.5. The summed E-state index contributed by atoms with van der Waals surface area (Å²) < 4.78 is 1.93. The van der Waals surface area contributed by atoms with Crippen LogP contribution in [-0.2, 0) is 13.6 Å². The Hall–Kier alpha value is -0.870. The lowest BCUT2D eigenvalue weighted by Crippen LogP contribution is -2.24. The minimum absolute atomic E-state index is 0.821. The first-order valence-corrected chi connectivity index (χ1v) is 6.03. The molecule has 1 saturated heterocycles. The molecule has 0 aliphatic carbocycles. The van der Waals surface area contributed by atoms with Gasteiger partial charge in [-0.15, -0.1) is 0 Å². The summed E-state index contributed by atoms with van der Waals surface area (Å²) in [5, 5.41) is 7.79. The van der Waals surface area contributed by atoms with Crippen molar-refractivity contribution in [2.24, 2.45) is 13.0 Å². The van der Waals surface area contributed by atoms with Crippen LogP contribution >= 0.6 is 0 Å². The molecule has 16 heavy (non-hydrogen) atoms. The second-order valence-electron chi connectivity index (χ2n) is 4.93. The van der Waals surface area contributed by atoms with E-state index in [1.165, 1.54) is 30.8 Å². The Labute approximate surface area is 97.6 Å². The van der Waals surface area contributed by atoms with E-state index < -0.39 is 0 Å². The Kier molecular flexibility index (Phi) is 3.61. The van der Waals surface area contributed by atoms with Gasteiger partial charge in [0.15, 0.2) is 0 Å². The number of aryl methyl sites for hydroxylation is 1. The third kappa shape index (κ3) is 2.62. The molecule has 1 aliphatic rings. The summed E-state index contributed by atoms with van der Waals surface area (Å²) in [5.74, 6) is 0.821. The van der Waals surface area contributed by atoms with E-state index in [2.05, 4.69) is 29.3 Å². The normalized spacial score (nSPS) is 21.8. The summed E-state index contributed by atoms with van der Waals surface area (Å²) in [7, 11) is 4.19. The van der Waals surface area contributed by atoms with Crippen molar-refractivity contribution in [3.05, 3.63) is 17.5 Å². The highest BCUT2D eigenvalue weighted by molar-refractivity contribution is 5.15. The molecule has 1 N–H and O–H groups in total. The summed E-state index contributed by atoms with van der Waals surface area (Å²) in [4.78, 5) is 2.40. The molecule has 0 bridgehead atoms. The highest BCUT2D eigenvalue weighted by Gasteiger charge is 2.18. The van der Waals surface area contributed by atoms with Crippen molar-refractivity contribution in [2.45, 2.75) is 19.9 Å². The van der Waals surface area contributed by atoms with Crippen LogP contribution in [0.2, 0.25) is 0 Å². The predicted molar refractivity (Wildman–Crippen MR) is 65.3 cm³/mol. The second-order valence-corrected chi connectivity index (χ2v) is 4.93. The molecule has 90 valence electrons. The number of nitrogens with one attached hydrogen (secondary N) is 1. The molecule has 0 saturated carbocycles. The molecular weight excluding hydrogens is 200 g/mol. The fourth-order valence-corrected chi connectivity index (χ4v) is 2.32. The smallest absolute Gasteiger partial charge is 0.0537 e. The quantitative estimate of drug-likeness (QED) is 0.817. The van der Waals surface area contributed by atoms with Gasteiger partial charge in [0.2, 0.25) is 0 Å². The van der Waals surface area contributed by atoms with Gasteiger partial charge in [-0.25, -0.2) is 0 Å². The summed E-state index contributed by atoms with van der Waals surface area (Å²) in [6.07, 6.45) is 3.29.